The maximum atomic E-state index is 14.8. The van der Waals surface area contributed by atoms with E-state index >= 15 is 0 Å². The molecule has 2 atom stereocenters. The highest BCUT2D eigenvalue weighted by Gasteiger charge is 2.39. The molecule has 1 aliphatic carbocycles. The first-order valence-corrected chi connectivity index (χ1v) is 16.4. The number of alkyl halides is 2. The Kier molecular flexibility index (Phi) is 8.66. The number of halogens is 2. The van der Waals surface area contributed by atoms with E-state index in [2.05, 4.69) is 33.8 Å². The van der Waals surface area contributed by atoms with Crippen LogP contribution in [0.1, 0.15) is 101 Å². The van der Waals surface area contributed by atoms with Gasteiger partial charge in [-0.25, -0.2) is 18.3 Å². The zero-order chi connectivity index (χ0) is 31.0. The van der Waals surface area contributed by atoms with E-state index in [1.54, 1.807) is 17.6 Å². The number of fused-ring (bicyclic) bond motifs is 3. The van der Waals surface area contributed by atoms with Crippen molar-refractivity contribution in [3.05, 3.63) is 54.4 Å². The Balaban J connectivity index is 1.33. The van der Waals surface area contributed by atoms with Crippen LogP contribution >= 0.6 is 0 Å². The fraction of sp³-hybridized carbons (Fsp3) is 0.636. The molecule has 0 amide bonds. The molecule has 0 spiro atoms. The van der Waals surface area contributed by atoms with Crippen molar-refractivity contribution in [1.82, 2.24) is 40.0 Å². The van der Waals surface area contributed by atoms with Crippen molar-refractivity contribution in [3.63, 3.8) is 0 Å². The number of hydrogen-bond donors (Lipinski definition) is 2. The fourth-order valence-corrected chi connectivity index (χ4v) is 7.22. The molecule has 1 saturated carbocycles. The Morgan fingerprint density at radius 3 is 2.66 bits per heavy atom. The van der Waals surface area contributed by atoms with Crippen LogP contribution in [0.4, 0.5) is 14.6 Å². The van der Waals surface area contributed by atoms with E-state index in [1.807, 2.05) is 30.8 Å². The summed E-state index contributed by atoms with van der Waals surface area (Å²) in [6, 6.07) is 1.52. The molecule has 2 unspecified atom stereocenters. The van der Waals surface area contributed by atoms with Gasteiger partial charge in [0.2, 0.25) is 5.92 Å². The fourth-order valence-electron chi connectivity index (χ4n) is 7.22. The molecule has 3 saturated heterocycles. The Morgan fingerprint density at radius 1 is 1.18 bits per heavy atom. The average Bonchev–Trinajstić information content (AvgIpc) is 3.63. The highest BCUT2D eigenvalue weighted by molar-refractivity contribution is 5.59. The van der Waals surface area contributed by atoms with Gasteiger partial charge in [-0.15, -0.1) is 0 Å². The van der Waals surface area contributed by atoms with Gasteiger partial charge in [0.15, 0.2) is 5.82 Å². The quantitative estimate of drug-likeness (QED) is 0.235. The van der Waals surface area contributed by atoms with E-state index in [1.165, 1.54) is 12.8 Å². The van der Waals surface area contributed by atoms with Crippen LogP contribution in [0, 0.1) is 17.8 Å². The summed E-state index contributed by atoms with van der Waals surface area (Å²) in [5, 5.41) is 16.4. The molecule has 6 heterocycles. The SMILES string of the molecule is C=C(NC(CCC(F)(F)CCC)c1cn2nc(CC3CCCNC3=C)c(N3CC4CC(C4)C3)nc2n1)c1ccnn1C(C)C. The summed E-state index contributed by atoms with van der Waals surface area (Å²) in [6.07, 6.45) is 9.33. The first kappa shape index (κ1) is 30.5. The first-order valence-electron chi connectivity index (χ1n) is 16.4. The van der Waals surface area contributed by atoms with Gasteiger partial charge < -0.3 is 15.5 Å². The summed E-state index contributed by atoms with van der Waals surface area (Å²) >= 11 is 0. The summed E-state index contributed by atoms with van der Waals surface area (Å²) < 4.78 is 33.1. The number of imidazole rings is 1. The Bertz CT molecular complexity index is 1480. The molecule has 4 fully saturated rings. The predicted octanol–water partition coefficient (Wildman–Crippen LogP) is 6.32. The summed E-state index contributed by atoms with van der Waals surface area (Å²) in [7, 11) is 0. The maximum Gasteiger partial charge on any atom is 0.252 e. The Labute approximate surface area is 259 Å². The predicted molar refractivity (Wildman–Crippen MR) is 169 cm³/mol. The third-order valence-corrected chi connectivity index (χ3v) is 9.57. The summed E-state index contributed by atoms with van der Waals surface area (Å²) in [4.78, 5) is 12.4. The number of hydrogen-bond acceptors (Lipinski definition) is 7. The number of nitrogens with one attached hydrogen (secondary N) is 2. The van der Waals surface area contributed by atoms with E-state index in [-0.39, 0.29) is 25.3 Å². The van der Waals surface area contributed by atoms with Gasteiger partial charge in [0.25, 0.3) is 5.78 Å². The second-order valence-corrected chi connectivity index (χ2v) is 13.5. The topological polar surface area (TPSA) is 88.2 Å². The Morgan fingerprint density at radius 2 is 1.95 bits per heavy atom. The number of aromatic nitrogens is 6. The van der Waals surface area contributed by atoms with Gasteiger partial charge in [0.1, 0.15) is 5.69 Å². The van der Waals surface area contributed by atoms with Crippen LogP contribution < -0.4 is 15.5 Å². The van der Waals surface area contributed by atoms with Crippen molar-refractivity contribution in [1.29, 1.82) is 0 Å². The third-order valence-electron chi connectivity index (χ3n) is 9.57. The monoisotopic (exact) mass is 607 g/mol. The van der Waals surface area contributed by atoms with E-state index in [0.717, 1.165) is 61.8 Å². The van der Waals surface area contributed by atoms with Crippen molar-refractivity contribution < 1.29 is 8.78 Å². The first-order chi connectivity index (χ1) is 21.1. The molecule has 44 heavy (non-hydrogen) atoms. The average molecular weight is 608 g/mol. The highest BCUT2D eigenvalue weighted by atomic mass is 19.3. The van der Waals surface area contributed by atoms with Gasteiger partial charge in [-0.3, -0.25) is 4.68 Å². The maximum absolute atomic E-state index is 14.8. The molecule has 3 aromatic heterocycles. The normalized spacial score (nSPS) is 22.6. The number of anilines is 1. The summed E-state index contributed by atoms with van der Waals surface area (Å²) in [6.45, 7) is 17.4. The minimum atomic E-state index is -2.75. The zero-order valence-corrected chi connectivity index (χ0v) is 26.4. The highest BCUT2D eigenvalue weighted by Crippen LogP contribution is 2.42. The van der Waals surface area contributed by atoms with E-state index in [4.69, 9.17) is 15.1 Å². The molecule has 7 rings (SSSR count). The molecule has 11 heteroatoms. The second-order valence-electron chi connectivity index (χ2n) is 13.5. The molecule has 238 valence electrons. The van der Waals surface area contributed by atoms with Crippen molar-refractivity contribution in [3.8, 4) is 0 Å². The third kappa shape index (κ3) is 6.47. The van der Waals surface area contributed by atoms with Gasteiger partial charge in [-0.1, -0.05) is 26.5 Å². The Hall–Kier alpha value is -3.50. The van der Waals surface area contributed by atoms with E-state index < -0.39 is 12.0 Å². The lowest BCUT2D eigenvalue weighted by Gasteiger charge is -2.47. The summed E-state index contributed by atoms with van der Waals surface area (Å²) in [5.41, 5.74) is 4.08. The zero-order valence-electron chi connectivity index (χ0n) is 26.4. The standard InChI is InChI=1S/C33H47F2N9/c1-6-11-33(34,35)12-9-27(38-23(5)30-10-14-37-44(30)21(2)3)29-20-43-32(39-29)40-31(42-18-24-15-25(16-24)19-42)28(41-43)17-26-8-7-13-36-22(26)4/h10,14,20-21,24-27,36,38H,4-9,11-13,15-19H2,1-3H3. The van der Waals surface area contributed by atoms with Crippen LogP contribution in [-0.4, -0.2) is 54.9 Å². The van der Waals surface area contributed by atoms with Crippen LogP contribution in [0.5, 0.6) is 0 Å². The second kappa shape index (κ2) is 12.5. The van der Waals surface area contributed by atoms with E-state index in [0.29, 0.717) is 41.3 Å². The number of nitrogens with zero attached hydrogens (tertiary/aromatic N) is 7. The molecule has 2 bridgehead atoms. The van der Waals surface area contributed by atoms with Gasteiger partial charge in [-0.05, 0) is 63.9 Å². The van der Waals surface area contributed by atoms with Crippen molar-refractivity contribution in [2.45, 2.75) is 96.6 Å². The van der Waals surface area contributed by atoms with Gasteiger partial charge >= 0.3 is 0 Å². The molecule has 3 aromatic rings. The van der Waals surface area contributed by atoms with Crippen LogP contribution in [0.15, 0.2) is 37.3 Å². The molecular weight excluding hydrogens is 560 g/mol. The molecule has 4 aliphatic rings. The van der Waals surface area contributed by atoms with Gasteiger partial charge in [-0.2, -0.15) is 15.2 Å². The minimum Gasteiger partial charge on any atom is -0.389 e. The number of allylic oxidation sites excluding steroid dienone is 1. The van der Waals surface area contributed by atoms with Crippen LogP contribution in [0.25, 0.3) is 11.5 Å². The smallest absolute Gasteiger partial charge is 0.252 e. The molecule has 9 nitrogen and oxygen atoms in total. The minimum absolute atomic E-state index is 0.127. The lowest BCUT2D eigenvalue weighted by molar-refractivity contribution is -0.0205. The van der Waals surface area contributed by atoms with Crippen molar-refractivity contribution in [2.75, 3.05) is 24.5 Å². The van der Waals surface area contributed by atoms with Gasteiger partial charge in [0, 0.05) is 62.8 Å². The van der Waals surface area contributed by atoms with Crippen molar-refractivity contribution in [2.24, 2.45) is 17.8 Å². The largest absolute Gasteiger partial charge is 0.389 e. The number of piperidine rings is 3. The molecule has 2 N–H and O–H groups in total. The van der Waals surface area contributed by atoms with Crippen LogP contribution in [0.2, 0.25) is 0 Å². The lowest BCUT2D eigenvalue weighted by Crippen LogP contribution is -2.49. The summed E-state index contributed by atoms with van der Waals surface area (Å²) in [5.74, 6) is 0.364. The molecule has 0 radical (unpaired) electrons. The molecule has 0 aromatic carbocycles. The van der Waals surface area contributed by atoms with Crippen LogP contribution in [-0.2, 0) is 6.42 Å². The van der Waals surface area contributed by atoms with Crippen molar-refractivity contribution >= 4 is 17.3 Å². The molecular formula is C33H47F2N9. The molecule has 3 aliphatic heterocycles. The van der Waals surface area contributed by atoms with Crippen LogP contribution in [0.3, 0.4) is 0 Å². The van der Waals surface area contributed by atoms with Gasteiger partial charge in [0.05, 0.1) is 29.3 Å². The van der Waals surface area contributed by atoms with E-state index in [9.17, 15) is 8.78 Å². The lowest BCUT2D eigenvalue weighted by atomic mass is 9.71. The number of rotatable bonds is 13.